The number of anilines is 1. The zero-order valence-corrected chi connectivity index (χ0v) is 18.5. The lowest BCUT2D eigenvalue weighted by molar-refractivity contribution is 0.478. The summed E-state index contributed by atoms with van der Waals surface area (Å²) in [7, 11) is 0. The van der Waals surface area contributed by atoms with E-state index in [-0.39, 0.29) is 16.9 Å². The molecule has 160 valence electrons. The molecule has 0 radical (unpaired) electrons. The van der Waals surface area contributed by atoms with Gasteiger partial charge in [0.15, 0.2) is 0 Å². The summed E-state index contributed by atoms with van der Waals surface area (Å²) in [5.74, 6) is -0.456. The van der Waals surface area contributed by atoms with Gasteiger partial charge in [0.05, 0.1) is 5.69 Å². The summed E-state index contributed by atoms with van der Waals surface area (Å²) in [6.45, 7) is 5.13. The van der Waals surface area contributed by atoms with Crippen molar-refractivity contribution < 1.29 is 8.94 Å². The van der Waals surface area contributed by atoms with Crippen LogP contribution in [0.15, 0.2) is 44.8 Å². The van der Waals surface area contributed by atoms with Crippen molar-refractivity contribution in [3.05, 3.63) is 42.1 Å². The second-order valence-electron chi connectivity index (χ2n) is 7.18. The van der Waals surface area contributed by atoms with E-state index in [0.717, 1.165) is 19.3 Å². The molecular weight excluding hydrogens is 435 g/mol. The van der Waals surface area contributed by atoms with Crippen molar-refractivity contribution in [2.24, 2.45) is 15.7 Å². The molecule has 0 aromatic carbocycles. The second-order valence-corrected chi connectivity index (χ2v) is 10.1. The van der Waals surface area contributed by atoms with Crippen LogP contribution in [0.2, 0.25) is 0 Å². The first-order valence-corrected chi connectivity index (χ1v) is 11.6. The van der Waals surface area contributed by atoms with Crippen molar-refractivity contribution in [1.82, 2.24) is 9.97 Å². The average Bonchev–Trinajstić information content (AvgIpc) is 3.06. The molecule has 0 amide bonds. The lowest BCUT2D eigenvalue weighted by Gasteiger charge is -2.27. The number of fused-ring (bicyclic) bond motifs is 1. The molecule has 1 aliphatic carbocycles. The number of nitrogens with zero attached hydrogens (tertiary/aromatic N) is 4. The maximum atomic E-state index is 14.7. The van der Waals surface area contributed by atoms with Gasteiger partial charge in [-0.15, -0.1) is 0 Å². The second kappa shape index (κ2) is 8.74. The molecule has 0 bridgehead atoms. The van der Waals surface area contributed by atoms with Crippen LogP contribution in [0.4, 0.5) is 10.1 Å². The van der Waals surface area contributed by atoms with Crippen LogP contribution >= 0.6 is 11.3 Å². The average molecular weight is 457 g/mol. The summed E-state index contributed by atoms with van der Waals surface area (Å²) in [6, 6.07) is 4.58. The van der Waals surface area contributed by atoms with E-state index in [1.54, 1.807) is 13.0 Å². The number of nitrogen functional groups attached to an aromatic ring is 1. The quantitative estimate of drug-likeness (QED) is 0.339. The molecule has 1 unspecified atom stereocenters. The fourth-order valence-electron chi connectivity index (χ4n) is 3.23. The highest BCUT2D eigenvalue weighted by molar-refractivity contribution is 7.94. The maximum Gasteiger partial charge on any atom is 0.232 e. The number of aromatic nitrogens is 2. The zero-order chi connectivity index (χ0) is 22.1. The molecule has 1 saturated carbocycles. The van der Waals surface area contributed by atoms with E-state index in [4.69, 9.17) is 16.5 Å². The normalized spacial score (nSPS) is 16.4. The van der Waals surface area contributed by atoms with E-state index in [0.29, 0.717) is 36.9 Å². The highest BCUT2D eigenvalue weighted by Gasteiger charge is 2.35. The number of allylic oxidation sites excluding steroid dienone is 1. The van der Waals surface area contributed by atoms with E-state index in [1.165, 1.54) is 35.9 Å². The van der Waals surface area contributed by atoms with Gasteiger partial charge in [0, 0.05) is 34.5 Å². The fourth-order valence-corrected chi connectivity index (χ4v) is 6.44. The van der Waals surface area contributed by atoms with Crippen LogP contribution < -0.4 is 11.5 Å². The maximum absolute atomic E-state index is 14.7. The topological polar surface area (TPSA) is 126 Å². The van der Waals surface area contributed by atoms with Crippen molar-refractivity contribution in [3.63, 3.8) is 0 Å². The number of halogens is 1. The van der Waals surface area contributed by atoms with Gasteiger partial charge in [-0.05, 0) is 56.7 Å². The van der Waals surface area contributed by atoms with Gasteiger partial charge in [-0.3, -0.25) is 4.98 Å². The Balaban J connectivity index is 1.94. The number of aliphatic imine (C=N–C) groups is 2. The molecule has 31 heavy (non-hydrogen) atoms. The van der Waals surface area contributed by atoms with Crippen LogP contribution in [-0.4, -0.2) is 32.4 Å². The first kappa shape index (κ1) is 21.4. The number of nitrogens with two attached hydrogens (primary N) is 2. The molecule has 7 nitrogen and oxygen atoms in total. The lowest BCUT2D eigenvalue weighted by atomic mass is 10.00. The summed E-state index contributed by atoms with van der Waals surface area (Å²) in [5.41, 5.74) is 14.3. The minimum atomic E-state index is -1.22. The van der Waals surface area contributed by atoms with Crippen LogP contribution in [0.1, 0.15) is 31.9 Å². The SMILES string of the molecule is C=N/C(N)=N\C=C(/C)c1cc(-c2ncccc2F)c2c(N)c([S+]([O-])C3CCC3)sc2n1. The summed E-state index contributed by atoms with van der Waals surface area (Å²) < 4.78 is 28.3. The Morgan fingerprint density at radius 1 is 1.45 bits per heavy atom. The third-order valence-corrected chi connectivity index (χ3v) is 8.47. The van der Waals surface area contributed by atoms with Gasteiger partial charge in [0.1, 0.15) is 27.3 Å². The number of thiophene rings is 1. The molecule has 3 aromatic heterocycles. The summed E-state index contributed by atoms with van der Waals surface area (Å²) in [4.78, 5) is 17.1. The molecule has 0 spiro atoms. The Hall–Kier alpha value is -2.82. The van der Waals surface area contributed by atoms with Crippen molar-refractivity contribution >= 4 is 56.7 Å². The highest BCUT2D eigenvalue weighted by atomic mass is 32.2. The third-order valence-electron chi connectivity index (χ3n) is 5.17. The Morgan fingerprint density at radius 3 is 2.87 bits per heavy atom. The van der Waals surface area contributed by atoms with E-state index in [1.807, 2.05) is 0 Å². The molecule has 1 atom stereocenters. The highest BCUT2D eigenvalue weighted by Crippen LogP contribution is 2.45. The zero-order valence-electron chi connectivity index (χ0n) is 16.8. The first-order valence-electron chi connectivity index (χ1n) is 9.62. The number of pyridine rings is 2. The predicted octanol–water partition coefficient (Wildman–Crippen LogP) is 4.12. The molecule has 4 N–H and O–H groups in total. The molecule has 3 heterocycles. The van der Waals surface area contributed by atoms with Gasteiger partial charge in [0.2, 0.25) is 10.2 Å². The Morgan fingerprint density at radius 2 is 2.23 bits per heavy atom. The smallest absolute Gasteiger partial charge is 0.232 e. The van der Waals surface area contributed by atoms with E-state index in [2.05, 4.69) is 21.7 Å². The molecule has 4 rings (SSSR count). The van der Waals surface area contributed by atoms with Gasteiger partial charge in [0.25, 0.3) is 0 Å². The summed E-state index contributed by atoms with van der Waals surface area (Å²) >= 11 is 0.0652. The molecule has 1 aliphatic rings. The largest absolute Gasteiger partial charge is 0.611 e. The van der Waals surface area contributed by atoms with E-state index in [9.17, 15) is 8.94 Å². The van der Waals surface area contributed by atoms with Gasteiger partial charge >= 0.3 is 0 Å². The van der Waals surface area contributed by atoms with Crippen LogP contribution in [-0.2, 0) is 11.2 Å². The van der Waals surface area contributed by atoms with Crippen molar-refractivity contribution in [2.75, 3.05) is 5.73 Å². The summed E-state index contributed by atoms with van der Waals surface area (Å²) in [5, 5.41) is 0.674. The molecule has 10 heteroatoms. The van der Waals surface area contributed by atoms with E-state index < -0.39 is 17.0 Å². The molecular formula is C21H21FN6OS2. The van der Waals surface area contributed by atoms with Gasteiger partial charge in [-0.2, -0.15) is 0 Å². The molecule has 1 fully saturated rings. The summed E-state index contributed by atoms with van der Waals surface area (Å²) in [6.07, 6.45) is 5.94. The Labute approximate surface area is 186 Å². The number of hydrogen-bond acceptors (Lipinski definition) is 6. The minimum absolute atomic E-state index is 0.0231. The molecule has 3 aromatic rings. The first-order chi connectivity index (χ1) is 14.9. The van der Waals surface area contributed by atoms with Crippen LogP contribution in [0.3, 0.4) is 0 Å². The number of rotatable bonds is 5. The minimum Gasteiger partial charge on any atom is -0.611 e. The van der Waals surface area contributed by atoms with Gasteiger partial charge < -0.3 is 16.0 Å². The number of hydrogen-bond donors (Lipinski definition) is 2. The Bertz CT molecular complexity index is 1220. The predicted molar refractivity (Wildman–Crippen MR) is 126 cm³/mol. The van der Waals surface area contributed by atoms with Crippen molar-refractivity contribution in [3.8, 4) is 11.3 Å². The van der Waals surface area contributed by atoms with E-state index >= 15 is 0 Å². The molecule has 0 aliphatic heterocycles. The lowest BCUT2D eigenvalue weighted by Crippen LogP contribution is -2.28. The van der Waals surface area contributed by atoms with Crippen molar-refractivity contribution in [2.45, 2.75) is 35.6 Å². The standard InChI is InChI=1S/C21H21FN6OS2/c1-11(10-27-21(24)25-2)15-9-13(18-14(22)7-4-8-26-18)16-17(23)20(30-19(16)28-15)31(29)12-5-3-6-12/h4,7-10,12H,2-3,5-6,23H2,1H3,(H2,24,27)/b11-10+. The number of guanidine groups is 1. The monoisotopic (exact) mass is 456 g/mol. The van der Waals surface area contributed by atoms with Crippen molar-refractivity contribution in [1.29, 1.82) is 0 Å². The van der Waals surface area contributed by atoms with Crippen LogP contribution in [0.25, 0.3) is 27.0 Å². The fraction of sp³-hybridized carbons (Fsp3) is 0.238. The van der Waals surface area contributed by atoms with Gasteiger partial charge in [-0.25, -0.2) is 19.4 Å². The van der Waals surface area contributed by atoms with Gasteiger partial charge in [-0.1, -0.05) is 11.3 Å². The molecule has 0 saturated heterocycles. The Kier molecular flexibility index (Phi) is 6.03. The third kappa shape index (κ3) is 4.06. The van der Waals surface area contributed by atoms with Crippen LogP contribution in [0.5, 0.6) is 0 Å². The van der Waals surface area contributed by atoms with Crippen LogP contribution in [0, 0.1) is 5.82 Å².